The molecule has 0 aliphatic carbocycles. The van der Waals surface area contributed by atoms with Crippen LogP contribution in [0.2, 0.25) is 0 Å². The molecule has 1 N–H and O–H groups in total. The summed E-state index contributed by atoms with van der Waals surface area (Å²) < 4.78 is 6.95. The fraction of sp³-hybridized carbons (Fsp3) is 0.500. The van der Waals surface area contributed by atoms with Crippen LogP contribution in [-0.2, 0) is 4.79 Å². The molecule has 1 unspecified atom stereocenters. The summed E-state index contributed by atoms with van der Waals surface area (Å²) in [5, 5.41) is 15.3. The van der Waals surface area contributed by atoms with Crippen LogP contribution in [-0.4, -0.2) is 23.5 Å². The van der Waals surface area contributed by atoms with E-state index < -0.39 is 11.0 Å². The van der Waals surface area contributed by atoms with Gasteiger partial charge in [0.05, 0.1) is 16.6 Å². The zero-order valence-corrected chi connectivity index (χ0v) is 13.2. The Balaban J connectivity index is 0. The number of nitro groups is 1. The molecule has 0 aromatic heterocycles. The number of hydrogen-bond donors (Lipinski definition) is 2. The average Bonchev–Trinajstić information content (AvgIpc) is 2.52. The number of hydrogen-bond acceptors (Lipinski definition) is 5. The molecule has 5 nitrogen and oxygen atoms in total. The summed E-state index contributed by atoms with van der Waals surface area (Å²) in [7, 11) is 0. The van der Waals surface area contributed by atoms with Gasteiger partial charge in [-0.3, -0.25) is 10.1 Å². The number of Topliss-reactive ketones (excluding diaryl/α,β-unsaturated/α-hetero) is 1. The van der Waals surface area contributed by atoms with Crippen LogP contribution in [0, 0.1) is 10.1 Å². The number of rotatable bonds is 6. The molecule has 1 atom stereocenters. The van der Waals surface area contributed by atoms with Gasteiger partial charge in [0.25, 0.3) is 5.69 Å². The van der Waals surface area contributed by atoms with Crippen LogP contribution < -0.4 is 0 Å². The van der Waals surface area contributed by atoms with Crippen LogP contribution in [0.25, 0.3) is 0 Å². The molecule has 0 aliphatic rings. The molecule has 0 saturated carbocycles. The number of ketones is 1. The predicted octanol–water partition coefficient (Wildman–Crippen LogP) is 3.57. The van der Waals surface area contributed by atoms with E-state index in [1.807, 2.05) is 13.8 Å². The van der Waals surface area contributed by atoms with E-state index in [0.29, 0.717) is 5.56 Å². The Kier molecular flexibility index (Phi) is 11.7. The Bertz CT molecular complexity index is 429. The van der Waals surface area contributed by atoms with Crippen molar-refractivity contribution in [2.24, 2.45) is 0 Å². The van der Waals surface area contributed by atoms with Crippen LogP contribution in [0.5, 0.6) is 0 Å². The first-order chi connectivity index (χ1) is 10.1. The van der Waals surface area contributed by atoms with Crippen molar-refractivity contribution >= 4 is 24.1 Å². The molecule has 6 heteroatoms. The third-order valence-electron chi connectivity index (χ3n) is 2.24. The summed E-state index contributed by atoms with van der Waals surface area (Å²) in [6, 6.07) is 6.09. The van der Waals surface area contributed by atoms with E-state index in [4.69, 9.17) is 1.43 Å². The van der Waals surface area contributed by atoms with E-state index in [9.17, 15) is 14.9 Å². The standard InChI is InChI=1S/C11H13NO4.C2H6.CH4S/c1-8(13)6-7-11(14)9-4-2-3-5-10(9)12(15)16;2*1-2/h2-5,11,14H,6-7H2,1H3;1-2H3;2H,1H3/i14T;;. The van der Waals surface area contributed by atoms with Crippen LogP contribution in [0.3, 0.4) is 0 Å². The largest absolute Gasteiger partial charge is 0.388 e. The van der Waals surface area contributed by atoms with E-state index in [0.717, 1.165) is 0 Å². The van der Waals surface area contributed by atoms with Crippen molar-refractivity contribution < 1.29 is 14.8 Å². The first kappa shape index (κ1) is 18.6. The minimum absolute atomic E-state index is 0.0364. The number of benzene rings is 1. The number of carbonyl (C=O) groups is 1. The molecule has 0 radical (unpaired) electrons. The summed E-state index contributed by atoms with van der Waals surface area (Å²) in [5.74, 6) is -0.0364. The molecule has 0 spiro atoms. The van der Waals surface area contributed by atoms with Crippen LogP contribution >= 0.6 is 12.6 Å². The number of aliphatic hydroxyl groups is 1. The molecule has 114 valence electrons. The van der Waals surface area contributed by atoms with Gasteiger partial charge >= 0.3 is 0 Å². The Morgan fingerprint density at radius 1 is 1.45 bits per heavy atom. The van der Waals surface area contributed by atoms with E-state index in [-0.39, 0.29) is 24.3 Å². The predicted molar refractivity (Wildman–Crippen MR) is 84.2 cm³/mol. The van der Waals surface area contributed by atoms with Crippen LogP contribution in [0.4, 0.5) is 5.69 Å². The topological polar surface area (TPSA) is 80.4 Å². The molecule has 1 rings (SSSR count). The van der Waals surface area contributed by atoms with Gasteiger partial charge in [-0.15, -0.1) is 0 Å². The van der Waals surface area contributed by atoms with Gasteiger partial charge < -0.3 is 9.90 Å². The molecular weight excluding hydrogens is 278 g/mol. The maximum atomic E-state index is 10.9. The number of carbonyl (C=O) groups excluding carboxylic acids is 1. The number of para-hydroxylation sites is 1. The highest BCUT2D eigenvalue weighted by Gasteiger charge is 2.19. The zero-order valence-electron chi connectivity index (χ0n) is 13.3. The Morgan fingerprint density at radius 2 is 2.00 bits per heavy atom. The molecule has 0 heterocycles. The molecule has 0 fully saturated rings. The number of thiol groups is 1. The molecule has 1 aromatic rings. The second-order valence-corrected chi connectivity index (χ2v) is 3.55. The van der Waals surface area contributed by atoms with Crippen molar-refractivity contribution in [2.75, 3.05) is 6.26 Å². The van der Waals surface area contributed by atoms with Gasteiger partial charge in [-0.25, -0.2) is 0 Å². The normalized spacial score (nSPS) is 10.9. The minimum Gasteiger partial charge on any atom is -0.388 e. The maximum absolute atomic E-state index is 10.9. The smallest absolute Gasteiger partial charge is 0.275 e. The third-order valence-corrected chi connectivity index (χ3v) is 2.24. The average molecular weight is 303 g/mol. The summed E-state index contributed by atoms with van der Waals surface area (Å²) in [5.41, 5.74) is 0.238. The SMILES string of the molecule is CC.CS.[3H]OC(CCC(C)=O)c1ccccc1[N+](=O)[O-]. The van der Waals surface area contributed by atoms with Gasteiger partial charge in [0.15, 0.2) is 0 Å². The van der Waals surface area contributed by atoms with Gasteiger partial charge in [0, 0.05) is 12.5 Å². The molecule has 0 amide bonds. The Morgan fingerprint density at radius 3 is 2.45 bits per heavy atom. The molecule has 20 heavy (non-hydrogen) atoms. The number of nitrogens with zero attached hydrogens (tertiary/aromatic N) is 1. The Labute approximate surface area is 127 Å². The third kappa shape index (κ3) is 7.91. The molecule has 1 aromatic carbocycles. The molecule has 0 bridgehead atoms. The van der Waals surface area contributed by atoms with Gasteiger partial charge in [0.2, 0.25) is 1.43 Å². The van der Waals surface area contributed by atoms with E-state index in [2.05, 4.69) is 17.7 Å². The van der Waals surface area contributed by atoms with Crippen molar-refractivity contribution in [1.82, 2.24) is 0 Å². The lowest BCUT2D eigenvalue weighted by Gasteiger charge is -2.09. The second kappa shape index (κ2) is 12.6. The summed E-state index contributed by atoms with van der Waals surface area (Å²) in [6.07, 6.45) is 1.44. The maximum Gasteiger partial charge on any atom is 0.275 e. The number of nitro benzene ring substituents is 1. The van der Waals surface area contributed by atoms with E-state index in [1.165, 1.54) is 19.1 Å². The highest BCUT2D eigenvalue weighted by Crippen LogP contribution is 2.27. The molecular formula is C14H23NO4S. The van der Waals surface area contributed by atoms with Gasteiger partial charge in [-0.2, -0.15) is 12.6 Å². The number of aliphatic hydroxyl groups excluding tert-OH is 1. The highest BCUT2D eigenvalue weighted by atomic mass is 32.1. The van der Waals surface area contributed by atoms with Crippen molar-refractivity contribution in [3.8, 4) is 0 Å². The lowest BCUT2D eigenvalue weighted by Crippen LogP contribution is -2.04. The van der Waals surface area contributed by atoms with Crippen LogP contribution in [0.1, 0.15) is 45.3 Å². The quantitative estimate of drug-likeness (QED) is 0.478. The van der Waals surface area contributed by atoms with Crippen molar-refractivity contribution in [2.45, 2.75) is 39.7 Å². The summed E-state index contributed by atoms with van der Waals surface area (Å²) >= 11 is 3.53. The van der Waals surface area contributed by atoms with Gasteiger partial charge in [0.1, 0.15) is 5.78 Å². The fourth-order valence-corrected chi connectivity index (χ4v) is 1.42. The van der Waals surface area contributed by atoms with Gasteiger partial charge in [-0.05, 0) is 25.7 Å². The van der Waals surface area contributed by atoms with Crippen molar-refractivity contribution in [1.29, 1.82) is 1.43 Å². The van der Waals surface area contributed by atoms with Crippen molar-refractivity contribution in [3.63, 3.8) is 0 Å². The van der Waals surface area contributed by atoms with Gasteiger partial charge in [-0.1, -0.05) is 26.0 Å². The highest BCUT2D eigenvalue weighted by molar-refractivity contribution is 7.79. The first-order valence-electron chi connectivity index (χ1n) is 6.76. The zero-order chi connectivity index (χ0) is 16.8. The lowest BCUT2D eigenvalue weighted by atomic mass is 10.0. The minimum atomic E-state index is -0.750. The molecule has 0 aliphatic heterocycles. The van der Waals surface area contributed by atoms with Crippen LogP contribution in [0.15, 0.2) is 24.3 Å². The monoisotopic (exact) mass is 303 g/mol. The van der Waals surface area contributed by atoms with E-state index in [1.54, 1.807) is 18.4 Å². The lowest BCUT2D eigenvalue weighted by molar-refractivity contribution is -0.386. The molecule has 0 saturated heterocycles. The summed E-state index contributed by atoms with van der Waals surface area (Å²) in [6.45, 7) is 5.43. The second-order valence-electron chi connectivity index (χ2n) is 3.55. The van der Waals surface area contributed by atoms with Crippen molar-refractivity contribution in [3.05, 3.63) is 39.9 Å². The van der Waals surface area contributed by atoms with E-state index >= 15 is 0 Å². The first-order valence-corrected chi connectivity index (χ1v) is 7.25. The fourth-order valence-electron chi connectivity index (χ4n) is 1.42. The summed E-state index contributed by atoms with van der Waals surface area (Å²) in [4.78, 5) is 21.1. The Hall–Kier alpha value is -1.40.